The maximum absolute atomic E-state index is 3.85. The van der Waals surface area contributed by atoms with Gasteiger partial charge < -0.3 is 4.98 Å². The van der Waals surface area contributed by atoms with Gasteiger partial charge in [0.05, 0.1) is 5.54 Å². The zero-order valence-electron chi connectivity index (χ0n) is 18.2. The minimum absolute atomic E-state index is 0.161. The third-order valence-corrected chi connectivity index (χ3v) is 8.40. The Hall–Kier alpha value is -2.32. The Balaban J connectivity index is 1.32. The monoisotopic (exact) mass is 396 g/mol. The highest BCUT2D eigenvalue weighted by Gasteiger charge is 2.49. The van der Waals surface area contributed by atoms with Gasteiger partial charge in [0.15, 0.2) is 0 Å². The summed E-state index contributed by atoms with van der Waals surface area (Å²) in [4.78, 5) is 6.66. The number of para-hydroxylation sites is 1. The van der Waals surface area contributed by atoms with E-state index in [-0.39, 0.29) is 5.54 Å². The van der Waals surface area contributed by atoms with Crippen LogP contribution in [-0.4, -0.2) is 23.0 Å². The molecule has 0 spiro atoms. The first-order valence-electron chi connectivity index (χ1n) is 11.7. The molecule has 2 aromatic carbocycles. The Morgan fingerprint density at radius 2 is 1.83 bits per heavy atom. The van der Waals surface area contributed by atoms with E-state index >= 15 is 0 Å². The number of H-pyrrole nitrogens is 1. The number of allylic oxidation sites excluding steroid dienone is 1. The van der Waals surface area contributed by atoms with Gasteiger partial charge in [-0.2, -0.15) is 0 Å². The van der Waals surface area contributed by atoms with Crippen LogP contribution in [0.1, 0.15) is 49.9 Å². The number of fused-ring (bicyclic) bond motifs is 6. The Labute approximate surface area is 180 Å². The second-order valence-corrected chi connectivity index (χ2v) is 10.2. The van der Waals surface area contributed by atoms with Crippen LogP contribution in [0, 0.1) is 17.8 Å². The highest BCUT2D eigenvalue weighted by molar-refractivity contribution is 5.85. The van der Waals surface area contributed by atoms with Crippen molar-refractivity contribution in [3.63, 3.8) is 0 Å². The van der Waals surface area contributed by atoms with Crippen LogP contribution < -0.4 is 0 Å². The molecule has 1 saturated heterocycles. The van der Waals surface area contributed by atoms with Gasteiger partial charge in [-0.1, -0.05) is 67.1 Å². The third kappa shape index (κ3) is 2.80. The number of aromatic nitrogens is 1. The lowest BCUT2D eigenvalue weighted by Crippen LogP contribution is -2.57. The van der Waals surface area contributed by atoms with Crippen molar-refractivity contribution < 1.29 is 0 Å². The van der Waals surface area contributed by atoms with Crippen LogP contribution in [0.15, 0.2) is 60.2 Å². The van der Waals surface area contributed by atoms with Crippen molar-refractivity contribution >= 4 is 17.0 Å². The van der Waals surface area contributed by atoms with E-state index < -0.39 is 0 Å². The molecule has 3 aromatic rings. The normalized spacial score (nSPS) is 32.6. The minimum atomic E-state index is 0.161. The zero-order valence-corrected chi connectivity index (χ0v) is 18.2. The van der Waals surface area contributed by atoms with E-state index in [1.807, 2.05) is 0 Å². The van der Waals surface area contributed by atoms with Crippen LogP contribution in [0.25, 0.3) is 17.0 Å². The molecule has 0 radical (unpaired) electrons. The van der Waals surface area contributed by atoms with Crippen molar-refractivity contribution in [2.75, 3.05) is 13.1 Å². The van der Waals surface area contributed by atoms with Gasteiger partial charge in [0.1, 0.15) is 0 Å². The van der Waals surface area contributed by atoms with E-state index in [1.54, 1.807) is 11.1 Å². The number of benzene rings is 2. The fraction of sp³-hybridized carbons (Fsp3) is 0.429. The molecule has 1 N–H and O–H groups in total. The molecule has 30 heavy (non-hydrogen) atoms. The number of nitrogens with zero attached hydrogens (tertiary/aromatic N) is 1. The summed E-state index contributed by atoms with van der Waals surface area (Å²) in [5.41, 5.74) is 7.59. The molecular weight excluding hydrogens is 364 g/mol. The molecule has 1 aliphatic carbocycles. The molecule has 4 atom stereocenters. The maximum atomic E-state index is 3.85. The molecule has 154 valence electrons. The SMILES string of the molecule is CC1CC2C[C@@]3(C)c4[nH]c5ccccc5c4CCN3CC2C/C1=C\c1ccccc1. The lowest BCUT2D eigenvalue weighted by molar-refractivity contribution is -0.0296. The highest BCUT2D eigenvalue weighted by Crippen LogP contribution is 2.52. The lowest BCUT2D eigenvalue weighted by atomic mass is 9.63. The first kappa shape index (κ1) is 18.4. The summed E-state index contributed by atoms with van der Waals surface area (Å²) in [6, 6.07) is 19.8. The first-order chi connectivity index (χ1) is 14.6. The van der Waals surface area contributed by atoms with Crippen LogP contribution in [0.5, 0.6) is 0 Å². The average Bonchev–Trinajstić information content (AvgIpc) is 3.14. The van der Waals surface area contributed by atoms with Crippen molar-refractivity contribution in [1.29, 1.82) is 0 Å². The molecular formula is C28H32N2. The van der Waals surface area contributed by atoms with Crippen LogP contribution >= 0.6 is 0 Å². The van der Waals surface area contributed by atoms with Gasteiger partial charge in [0.2, 0.25) is 0 Å². The van der Waals surface area contributed by atoms with Crippen LogP contribution in [-0.2, 0) is 12.0 Å². The van der Waals surface area contributed by atoms with Crippen LogP contribution in [0.4, 0.5) is 0 Å². The van der Waals surface area contributed by atoms with E-state index in [4.69, 9.17) is 0 Å². The smallest absolute Gasteiger partial charge is 0.0589 e. The zero-order chi connectivity index (χ0) is 20.3. The van der Waals surface area contributed by atoms with Gasteiger partial charge in [-0.25, -0.2) is 0 Å². The lowest BCUT2D eigenvalue weighted by Gasteiger charge is -2.55. The second kappa shape index (κ2) is 6.85. The van der Waals surface area contributed by atoms with Gasteiger partial charge >= 0.3 is 0 Å². The quantitative estimate of drug-likeness (QED) is 0.505. The van der Waals surface area contributed by atoms with Crippen molar-refractivity contribution in [1.82, 2.24) is 9.88 Å². The van der Waals surface area contributed by atoms with Crippen molar-refractivity contribution in [3.05, 3.63) is 77.0 Å². The largest absolute Gasteiger partial charge is 0.357 e. The van der Waals surface area contributed by atoms with Crippen molar-refractivity contribution in [2.24, 2.45) is 17.8 Å². The number of aromatic amines is 1. The highest BCUT2D eigenvalue weighted by atomic mass is 15.2. The summed E-state index contributed by atoms with van der Waals surface area (Å²) in [5, 5.41) is 1.44. The fourth-order valence-electron chi connectivity index (χ4n) is 6.79. The van der Waals surface area contributed by atoms with E-state index in [0.29, 0.717) is 5.92 Å². The Bertz CT molecular complexity index is 1110. The molecule has 1 saturated carbocycles. The summed E-state index contributed by atoms with van der Waals surface area (Å²) in [7, 11) is 0. The van der Waals surface area contributed by atoms with Gasteiger partial charge in [0.25, 0.3) is 0 Å². The summed E-state index contributed by atoms with van der Waals surface area (Å²) in [6.45, 7) is 7.40. The molecule has 0 amide bonds. The molecule has 2 aliphatic heterocycles. The molecule has 2 heteroatoms. The molecule has 1 aromatic heterocycles. The number of rotatable bonds is 1. The van der Waals surface area contributed by atoms with E-state index in [1.165, 1.54) is 60.9 Å². The topological polar surface area (TPSA) is 19.0 Å². The molecule has 2 nitrogen and oxygen atoms in total. The number of hydrogen-bond acceptors (Lipinski definition) is 1. The molecule has 2 fully saturated rings. The predicted octanol–water partition coefficient (Wildman–Crippen LogP) is 6.39. The summed E-state index contributed by atoms with van der Waals surface area (Å²) >= 11 is 0. The molecule has 3 unspecified atom stereocenters. The van der Waals surface area contributed by atoms with Gasteiger partial charge in [-0.3, -0.25) is 4.90 Å². The van der Waals surface area contributed by atoms with Gasteiger partial charge in [-0.05, 0) is 67.6 Å². The summed E-state index contributed by atoms with van der Waals surface area (Å²) in [6.07, 6.45) is 7.55. The van der Waals surface area contributed by atoms with Crippen LogP contribution in [0.2, 0.25) is 0 Å². The standard InChI is InChI=1S/C28H32N2/c1-19-14-22-17-28(2)27-25(24-10-6-7-11-26(24)29-27)12-13-30(28)18-23(22)16-21(19)15-20-8-4-3-5-9-20/h3-11,15,19,22-23,29H,12-14,16-18H2,1-2H3/b21-15+/t19?,22?,23?,28-/m0/s1. The summed E-state index contributed by atoms with van der Waals surface area (Å²) < 4.78 is 0. The van der Waals surface area contributed by atoms with E-state index in [9.17, 15) is 0 Å². The van der Waals surface area contributed by atoms with E-state index in [2.05, 4.69) is 84.4 Å². The van der Waals surface area contributed by atoms with Crippen LogP contribution in [0.3, 0.4) is 0 Å². The van der Waals surface area contributed by atoms with Gasteiger partial charge in [0, 0.05) is 29.7 Å². The molecule has 3 aliphatic rings. The first-order valence-corrected chi connectivity index (χ1v) is 11.7. The predicted molar refractivity (Wildman–Crippen MR) is 125 cm³/mol. The maximum Gasteiger partial charge on any atom is 0.0589 e. The molecule has 3 heterocycles. The minimum Gasteiger partial charge on any atom is -0.357 e. The molecule has 6 rings (SSSR count). The summed E-state index contributed by atoms with van der Waals surface area (Å²) in [5.74, 6) is 2.31. The van der Waals surface area contributed by atoms with Crippen molar-refractivity contribution in [3.8, 4) is 0 Å². The number of hydrogen-bond donors (Lipinski definition) is 1. The Morgan fingerprint density at radius 3 is 2.70 bits per heavy atom. The Morgan fingerprint density at radius 1 is 1.03 bits per heavy atom. The molecule has 0 bridgehead atoms. The number of nitrogens with one attached hydrogen (secondary N) is 1. The number of piperidine rings is 1. The third-order valence-electron chi connectivity index (χ3n) is 8.40. The van der Waals surface area contributed by atoms with Gasteiger partial charge in [-0.15, -0.1) is 0 Å². The average molecular weight is 397 g/mol. The fourth-order valence-corrected chi connectivity index (χ4v) is 6.79. The Kier molecular flexibility index (Phi) is 4.21. The second-order valence-electron chi connectivity index (χ2n) is 10.2. The van der Waals surface area contributed by atoms with Crippen molar-refractivity contribution in [2.45, 2.75) is 45.1 Å². The van der Waals surface area contributed by atoms with E-state index in [0.717, 1.165) is 11.8 Å².